The van der Waals surface area contributed by atoms with Crippen molar-refractivity contribution in [2.75, 3.05) is 6.61 Å². The van der Waals surface area contributed by atoms with Crippen molar-refractivity contribution in [2.24, 2.45) is 0 Å². The van der Waals surface area contributed by atoms with Crippen LogP contribution in [-0.2, 0) is 6.54 Å². The maximum Gasteiger partial charge on any atom is 0.291 e. The highest BCUT2D eigenvalue weighted by Gasteiger charge is 2.42. The fourth-order valence-electron chi connectivity index (χ4n) is 4.46. The number of nitrogens with zero attached hydrogens (tertiary/aromatic N) is 1. The number of amides is 1. The first-order chi connectivity index (χ1) is 16.5. The van der Waals surface area contributed by atoms with Crippen LogP contribution in [0.1, 0.15) is 44.4 Å². The third kappa shape index (κ3) is 3.79. The summed E-state index contributed by atoms with van der Waals surface area (Å²) in [6.07, 6.45) is 1.67. The largest absolute Gasteiger partial charge is 0.490 e. The summed E-state index contributed by atoms with van der Waals surface area (Å²) < 4.78 is 11.8. The predicted octanol–water partition coefficient (Wildman–Crippen LogP) is 5.72. The summed E-state index contributed by atoms with van der Waals surface area (Å²) in [6.45, 7) is 8.36. The molecule has 170 valence electrons. The van der Waals surface area contributed by atoms with Gasteiger partial charge < -0.3 is 14.1 Å². The molecule has 0 bridgehead atoms. The molecule has 2 heterocycles. The van der Waals surface area contributed by atoms with Gasteiger partial charge in [-0.2, -0.15) is 0 Å². The molecule has 1 aliphatic heterocycles. The molecule has 1 aliphatic rings. The fourth-order valence-corrected chi connectivity index (χ4v) is 4.46. The highest BCUT2D eigenvalue weighted by molar-refractivity contribution is 5.99. The number of benzene rings is 3. The van der Waals surface area contributed by atoms with Crippen LogP contribution in [0, 0.1) is 13.8 Å². The monoisotopic (exact) mass is 451 g/mol. The van der Waals surface area contributed by atoms with E-state index in [9.17, 15) is 9.59 Å². The summed E-state index contributed by atoms with van der Waals surface area (Å²) in [7, 11) is 0. The van der Waals surface area contributed by atoms with Gasteiger partial charge in [0.15, 0.2) is 5.43 Å². The molecule has 0 N–H and O–H groups in total. The molecule has 1 atom stereocenters. The second kappa shape index (κ2) is 8.67. The third-order valence-electron chi connectivity index (χ3n) is 6.14. The van der Waals surface area contributed by atoms with E-state index >= 15 is 0 Å². The minimum Gasteiger partial charge on any atom is -0.490 e. The average Bonchev–Trinajstić information content (AvgIpc) is 3.11. The Labute approximate surface area is 197 Å². The molecular weight excluding hydrogens is 426 g/mol. The van der Waals surface area contributed by atoms with E-state index < -0.39 is 6.04 Å². The summed E-state index contributed by atoms with van der Waals surface area (Å²) in [5.74, 6) is 0.461. The van der Waals surface area contributed by atoms with Crippen molar-refractivity contribution in [2.45, 2.75) is 26.4 Å². The van der Waals surface area contributed by atoms with Crippen molar-refractivity contribution >= 4 is 16.9 Å². The molecule has 1 unspecified atom stereocenters. The average molecular weight is 452 g/mol. The van der Waals surface area contributed by atoms with Gasteiger partial charge in [0, 0.05) is 6.54 Å². The van der Waals surface area contributed by atoms with Crippen molar-refractivity contribution in [3.63, 3.8) is 0 Å². The smallest absolute Gasteiger partial charge is 0.291 e. The SMILES string of the molecule is C=CCOc1cccc(C2c3c(oc4ccc(C)cc4c3=O)C(=O)N2Cc2ccc(C)cc2)c1. The van der Waals surface area contributed by atoms with Crippen LogP contribution in [0.5, 0.6) is 5.75 Å². The number of hydrogen-bond donors (Lipinski definition) is 0. The van der Waals surface area contributed by atoms with Crippen molar-refractivity contribution in [1.29, 1.82) is 0 Å². The molecule has 0 saturated carbocycles. The van der Waals surface area contributed by atoms with E-state index in [2.05, 4.69) is 6.58 Å². The Hall–Kier alpha value is -4.12. The highest BCUT2D eigenvalue weighted by atomic mass is 16.5. The minimum absolute atomic E-state index is 0.107. The maximum absolute atomic E-state index is 13.7. The van der Waals surface area contributed by atoms with Gasteiger partial charge in [0.25, 0.3) is 5.91 Å². The topological polar surface area (TPSA) is 59.8 Å². The van der Waals surface area contributed by atoms with E-state index in [4.69, 9.17) is 9.15 Å². The molecule has 1 amide bonds. The number of ether oxygens (including phenoxy) is 1. The summed E-state index contributed by atoms with van der Waals surface area (Å²) in [5, 5.41) is 0.479. The van der Waals surface area contributed by atoms with Crippen LogP contribution >= 0.6 is 0 Å². The Kier molecular flexibility index (Phi) is 5.54. The fraction of sp³-hybridized carbons (Fsp3) is 0.172. The van der Waals surface area contributed by atoms with Crippen molar-refractivity contribution in [1.82, 2.24) is 4.90 Å². The zero-order chi connectivity index (χ0) is 23.8. The Balaban J connectivity index is 1.69. The lowest BCUT2D eigenvalue weighted by atomic mass is 9.97. The molecule has 3 aromatic carbocycles. The van der Waals surface area contributed by atoms with E-state index in [0.29, 0.717) is 35.4 Å². The van der Waals surface area contributed by atoms with Crippen LogP contribution in [-0.4, -0.2) is 17.4 Å². The quantitative estimate of drug-likeness (QED) is 0.352. The molecular formula is C29H25NO4. The predicted molar refractivity (Wildman–Crippen MR) is 132 cm³/mol. The molecule has 5 nitrogen and oxygen atoms in total. The number of rotatable bonds is 6. The van der Waals surface area contributed by atoms with E-state index in [0.717, 1.165) is 22.3 Å². The van der Waals surface area contributed by atoms with Crippen molar-refractivity contribution in [3.05, 3.63) is 123 Å². The Morgan fingerprint density at radius 1 is 1.00 bits per heavy atom. The first-order valence-corrected chi connectivity index (χ1v) is 11.2. The second-order valence-corrected chi connectivity index (χ2v) is 8.67. The molecule has 0 spiro atoms. The number of carbonyl (C=O) groups excluding carboxylic acids is 1. The Morgan fingerprint density at radius 2 is 1.76 bits per heavy atom. The van der Waals surface area contributed by atoms with Crippen LogP contribution in [0.2, 0.25) is 0 Å². The van der Waals surface area contributed by atoms with Gasteiger partial charge in [-0.3, -0.25) is 9.59 Å². The molecule has 0 saturated heterocycles. The third-order valence-corrected chi connectivity index (χ3v) is 6.14. The zero-order valence-corrected chi connectivity index (χ0v) is 19.2. The first-order valence-electron chi connectivity index (χ1n) is 11.2. The number of carbonyl (C=O) groups is 1. The van der Waals surface area contributed by atoms with Gasteiger partial charge in [-0.15, -0.1) is 0 Å². The van der Waals surface area contributed by atoms with Gasteiger partial charge in [-0.25, -0.2) is 0 Å². The van der Waals surface area contributed by atoms with Crippen molar-refractivity contribution < 1.29 is 13.9 Å². The zero-order valence-electron chi connectivity index (χ0n) is 19.2. The second-order valence-electron chi connectivity index (χ2n) is 8.67. The molecule has 4 aromatic rings. The number of fused-ring (bicyclic) bond motifs is 2. The van der Waals surface area contributed by atoms with Gasteiger partial charge in [0.05, 0.1) is 17.0 Å². The summed E-state index contributed by atoms with van der Waals surface area (Å²) >= 11 is 0. The van der Waals surface area contributed by atoms with Crippen molar-refractivity contribution in [3.8, 4) is 5.75 Å². The molecule has 5 heteroatoms. The molecule has 5 rings (SSSR count). The van der Waals surface area contributed by atoms with E-state index in [1.807, 2.05) is 74.5 Å². The summed E-state index contributed by atoms with van der Waals surface area (Å²) in [5.41, 5.74) is 4.47. The molecule has 0 radical (unpaired) electrons. The van der Waals surface area contributed by atoms with E-state index in [-0.39, 0.29) is 17.1 Å². The van der Waals surface area contributed by atoms with Crippen LogP contribution < -0.4 is 10.2 Å². The Morgan fingerprint density at radius 3 is 2.53 bits per heavy atom. The maximum atomic E-state index is 13.7. The van der Waals surface area contributed by atoms with Crippen LogP contribution in [0.4, 0.5) is 0 Å². The lowest BCUT2D eigenvalue weighted by Crippen LogP contribution is -2.29. The number of hydrogen-bond acceptors (Lipinski definition) is 4. The van der Waals surface area contributed by atoms with Gasteiger partial charge in [-0.1, -0.05) is 66.2 Å². The molecule has 34 heavy (non-hydrogen) atoms. The minimum atomic E-state index is -0.586. The van der Waals surface area contributed by atoms with E-state index in [1.54, 1.807) is 17.0 Å². The first kappa shape index (κ1) is 21.7. The van der Waals surface area contributed by atoms with E-state index in [1.165, 1.54) is 0 Å². The standard InChI is InChI=1S/C29H25NO4/c1-4-14-33-22-7-5-6-21(16-22)26-25-27(31)23-15-19(3)10-13-24(23)34-28(25)29(32)30(26)17-20-11-8-18(2)9-12-20/h4-13,15-16,26H,1,14,17H2,2-3H3. The Bertz CT molecular complexity index is 1470. The lowest BCUT2D eigenvalue weighted by molar-refractivity contribution is 0.0714. The van der Waals surface area contributed by atoms with Gasteiger partial charge in [0.1, 0.15) is 17.9 Å². The normalized spacial score (nSPS) is 14.9. The molecule has 1 aromatic heterocycles. The summed E-state index contributed by atoms with van der Waals surface area (Å²) in [6, 6.07) is 20.4. The highest BCUT2D eigenvalue weighted by Crippen LogP contribution is 2.40. The van der Waals surface area contributed by atoms with Crippen LogP contribution in [0.15, 0.2) is 88.6 Å². The number of aryl methyl sites for hydroxylation is 2. The molecule has 0 fully saturated rings. The summed E-state index contributed by atoms with van der Waals surface area (Å²) in [4.78, 5) is 29.0. The molecule has 0 aliphatic carbocycles. The van der Waals surface area contributed by atoms with Gasteiger partial charge >= 0.3 is 0 Å². The van der Waals surface area contributed by atoms with Gasteiger partial charge in [0.2, 0.25) is 5.76 Å². The lowest BCUT2D eigenvalue weighted by Gasteiger charge is -2.25. The van der Waals surface area contributed by atoms with Gasteiger partial charge in [-0.05, 0) is 49.2 Å². The van der Waals surface area contributed by atoms with Crippen LogP contribution in [0.3, 0.4) is 0 Å². The van der Waals surface area contributed by atoms with Crippen LogP contribution in [0.25, 0.3) is 11.0 Å².